The smallest absolute Gasteiger partial charge is 0.280 e. The molecule has 1 saturated carbocycles. The van der Waals surface area contributed by atoms with E-state index in [1.54, 1.807) is 38.0 Å². The fraction of sp³-hybridized carbons (Fsp3) is 0.286. The highest BCUT2D eigenvalue weighted by molar-refractivity contribution is 6.00. The Balaban J connectivity index is 1.57. The number of halogens is 1. The Labute approximate surface area is 187 Å². The number of pyridine rings is 1. The van der Waals surface area contributed by atoms with E-state index in [0.29, 0.717) is 22.8 Å². The average Bonchev–Trinajstić information content (AvgIpc) is 3.37. The Kier molecular flexibility index (Phi) is 4.84. The second-order valence-electron chi connectivity index (χ2n) is 8.00. The number of aryl methyl sites for hydroxylation is 2. The summed E-state index contributed by atoms with van der Waals surface area (Å²) in [6.07, 6.45) is 6.19. The predicted octanol–water partition coefficient (Wildman–Crippen LogP) is 1.74. The Morgan fingerprint density at radius 3 is 2.70 bits per heavy atom. The number of aromatic nitrogens is 6. The molecule has 0 bridgehead atoms. The summed E-state index contributed by atoms with van der Waals surface area (Å²) in [5.41, 5.74) is 0.815. The van der Waals surface area contributed by atoms with E-state index in [1.165, 1.54) is 10.7 Å². The Morgan fingerprint density at radius 1 is 1.24 bits per heavy atom. The number of hydrogen-bond donors (Lipinski definition) is 3. The second kappa shape index (κ2) is 7.73. The lowest BCUT2D eigenvalue weighted by Crippen LogP contribution is -2.25. The van der Waals surface area contributed by atoms with Gasteiger partial charge in [-0.2, -0.15) is 14.7 Å². The molecule has 0 atom stereocenters. The van der Waals surface area contributed by atoms with Crippen LogP contribution >= 0.6 is 0 Å². The summed E-state index contributed by atoms with van der Waals surface area (Å²) in [5.74, 6) is 0.230. The molecule has 0 aromatic carbocycles. The minimum Gasteiger partial charge on any atom is -0.373 e. The van der Waals surface area contributed by atoms with Crippen molar-refractivity contribution < 1.29 is 9.18 Å². The van der Waals surface area contributed by atoms with Crippen molar-refractivity contribution >= 4 is 28.9 Å². The monoisotopic (exact) mass is 451 g/mol. The third-order valence-corrected chi connectivity index (χ3v) is 5.35. The van der Waals surface area contributed by atoms with E-state index in [1.807, 2.05) is 0 Å². The second-order valence-corrected chi connectivity index (χ2v) is 8.00. The Bertz CT molecular complexity index is 1450. The van der Waals surface area contributed by atoms with Crippen LogP contribution < -0.4 is 21.5 Å². The molecule has 1 fully saturated rings. The lowest BCUT2D eigenvalue weighted by molar-refractivity contribution is 0.0952. The zero-order chi connectivity index (χ0) is 23.3. The number of carbonyl (C=O) groups is 1. The predicted molar refractivity (Wildman–Crippen MR) is 120 cm³/mol. The molecule has 0 radical (unpaired) electrons. The minimum absolute atomic E-state index is 0.0255. The first-order valence-electron chi connectivity index (χ1n) is 10.4. The minimum atomic E-state index is -0.620. The summed E-state index contributed by atoms with van der Waals surface area (Å²) >= 11 is 0. The molecule has 1 aliphatic carbocycles. The van der Waals surface area contributed by atoms with E-state index in [2.05, 4.69) is 31.1 Å². The Hall–Kier alpha value is -4.22. The number of rotatable bonds is 6. The van der Waals surface area contributed by atoms with Gasteiger partial charge in [0.05, 0.1) is 12.4 Å². The molecule has 4 heterocycles. The standard InChI is InChI=1S/C21H22FN9O2/c1-11-9-29(3)28-18(11)30-10-12(22)6-15(21(30)33)26-16-7-17(23-2)31-19(27-16)14(8-24-31)20(32)25-13-4-5-13/h6-10,13,23H,4-5H2,1-3H3,(H,25,32)(H,26,27). The summed E-state index contributed by atoms with van der Waals surface area (Å²) < 4.78 is 18.6. The van der Waals surface area contributed by atoms with Crippen molar-refractivity contribution in [2.45, 2.75) is 25.8 Å². The van der Waals surface area contributed by atoms with Gasteiger partial charge in [0.25, 0.3) is 11.5 Å². The van der Waals surface area contributed by atoms with Crippen molar-refractivity contribution in [3.8, 4) is 5.82 Å². The number of nitrogens with zero attached hydrogens (tertiary/aromatic N) is 6. The third-order valence-electron chi connectivity index (χ3n) is 5.35. The molecule has 11 nitrogen and oxygen atoms in total. The lowest BCUT2D eigenvalue weighted by atomic mass is 10.3. The summed E-state index contributed by atoms with van der Waals surface area (Å²) in [6, 6.07) is 2.89. The molecule has 1 aliphatic rings. The maximum absolute atomic E-state index is 14.4. The van der Waals surface area contributed by atoms with Gasteiger partial charge >= 0.3 is 0 Å². The maximum Gasteiger partial charge on any atom is 0.280 e. The summed E-state index contributed by atoms with van der Waals surface area (Å²) in [4.78, 5) is 30.2. The van der Waals surface area contributed by atoms with Gasteiger partial charge in [0.2, 0.25) is 0 Å². The van der Waals surface area contributed by atoms with E-state index in [-0.39, 0.29) is 23.5 Å². The molecule has 0 spiro atoms. The molecular formula is C21H22FN9O2. The van der Waals surface area contributed by atoms with Crippen LogP contribution in [0.2, 0.25) is 0 Å². The molecule has 4 aromatic heterocycles. The first kappa shape index (κ1) is 20.7. The van der Waals surface area contributed by atoms with Crippen molar-refractivity contribution in [2.24, 2.45) is 7.05 Å². The van der Waals surface area contributed by atoms with E-state index >= 15 is 0 Å². The molecule has 0 saturated heterocycles. The van der Waals surface area contributed by atoms with E-state index < -0.39 is 11.4 Å². The molecule has 12 heteroatoms. The fourth-order valence-electron chi connectivity index (χ4n) is 3.62. The highest BCUT2D eigenvalue weighted by Crippen LogP contribution is 2.23. The fourth-order valence-corrected chi connectivity index (χ4v) is 3.62. The van der Waals surface area contributed by atoms with Crippen LogP contribution in [0.4, 0.5) is 21.7 Å². The largest absolute Gasteiger partial charge is 0.373 e. The number of anilines is 3. The van der Waals surface area contributed by atoms with Crippen LogP contribution in [0.25, 0.3) is 11.5 Å². The zero-order valence-electron chi connectivity index (χ0n) is 18.3. The first-order chi connectivity index (χ1) is 15.8. The summed E-state index contributed by atoms with van der Waals surface area (Å²) in [7, 11) is 3.42. The molecule has 3 N–H and O–H groups in total. The molecule has 5 rings (SSSR count). The third kappa shape index (κ3) is 3.79. The van der Waals surface area contributed by atoms with Crippen molar-refractivity contribution in [3.05, 3.63) is 58.0 Å². The van der Waals surface area contributed by atoms with Crippen LogP contribution in [0, 0.1) is 12.7 Å². The average molecular weight is 451 g/mol. The molecular weight excluding hydrogens is 429 g/mol. The maximum atomic E-state index is 14.4. The quantitative estimate of drug-likeness (QED) is 0.408. The van der Waals surface area contributed by atoms with Gasteiger partial charge in [0.15, 0.2) is 11.5 Å². The highest BCUT2D eigenvalue weighted by atomic mass is 19.1. The van der Waals surface area contributed by atoms with Crippen LogP contribution in [0.1, 0.15) is 28.8 Å². The normalized spacial score (nSPS) is 13.3. The van der Waals surface area contributed by atoms with Crippen molar-refractivity contribution in [1.82, 2.24) is 34.3 Å². The number of nitrogens with one attached hydrogen (secondary N) is 3. The van der Waals surface area contributed by atoms with Gasteiger partial charge in [-0.1, -0.05) is 0 Å². The Morgan fingerprint density at radius 2 is 2.03 bits per heavy atom. The number of fused-ring (bicyclic) bond motifs is 1. The molecule has 33 heavy (non-hydrogen) atoms. The number of amides is 1. The van der Waals surface area contributed by atoms with E-state index in [9.17, 15) is 14.0 Å². The number of hydrogen-bond acceptors (Lipinski definition) is 7. The molecule has 170 valence electrons. The van der Waals surface area contributed by atoms with Gasteiger partial charge in [-0.05, 0) is 19.8 Å². The summed E-state index contributed by atoms with van der Waals surface area (Å²) in [5, 5.41) is 17.3. The van der Waals surface area contributed by atoms with E-state index in [4.69, 9.17) is 0 Å². The van der Waals surface area contributed by atoms with Crippen LogP contribution in [-0.2, 0) is 7.05 Å². The van der Waals surface area contributed by atoms with Gasteiger partial charge in [0.1, 0.15) is 28.7 Å². The SMILES string of the molecule is CNc1cc(Nc2cc(F)cn(-c3nn(C)cc3C)c2=O)nc2c(C(=O)NC3CC3)cnn12. The van der Waals surface area contributed by atoms with E-state index in [0.717, 1.165) is 35.2 Å². The topological polar surface area (TPSA) is 123 Å². The molecule has 0 unspecified atom stereocenters. The van der Waals surface area contributed by atoms with Crippen LogP contribution in [0.15, 0.2) is 35.5 Å². The number of carbonyl (C=O) groups excluding carboxylic acids is 1. The van der Waals surface area contributed by atoms with Crippen LogP contribution in [-0.4, -0.2) is 47.9 Å². The van der Waals surface area contributed by atoms with Gasteiger partial charge in [-0.25, -0.2) is 9.37 Å². The van der Waals surface area contributed by atoms with Crippen molar-refractivity contribution in [2.75, 3.05) is 17.7 Å². The van der Waals surface area contributed by atoms with Gasteiger partial charge in [-0.3, -0.25) is 18.8 Å². The molecule has 0 aliphatic heterocycles. The van der Waals surface area contributed by atoms with Crippen LogP contribution in [0.5, 0.6) is 0 Å². The van der Waals surface area contributed by atoms with Gasteiger partial charge in [-0.15, -0.1) is 0 Å². The van der Waals surface area contributed by atoms with Gasteiger partial charge < -0.3 is 16.0 Å². The first-order valence-corrected chi connectivity index (χ1v) is 10.4. The van der Waals surface area contributed by atoms with Crippen LogP contribution in [0.3, 0.4) is 0 Å². The van der Waals surface area contributed by atoms with Gasteiger partial charge in [0, 0.05) is 44.0 Å². The molecule has 1 amide bonds. The summed E-state index contributed by atoms with van der Waals surface area (Å²) in [6.45, 7) is 1.79. The van der Waals surface area contributed by atoms with Crippen molar-refractivity contribution in [3.63, 3.8) is 0 Å². The lowest BCUT2D eigenvalue weighted by Gasteiger charge is -2.12. The highest BCUT2D eigenvalue weighted by Gasteiger charge is 2.26. The zero-order valence-corrected chi connectivity index (χ0v) is 18.3. The molecule has 4 aromatic rings. The van der Waals surface area contributed by atoms with Crippen molar-refractivity contribution in [1.29, 1.82) is 0 Å².